The molecule has 2 aromatic carbocycles. The molecule has 4 heteroatoms. The van der Waals surface area contributed by atoms with Gasteiger partial charge in [-0.2, -0.15) is 0 Å². The van der Waals surface area contributed by atoms with Crippen molar-refractivity contribution in [1.29, 1.82) is 0 Å². The first-order chi connectivity index (χ1) is 13.1. The summed E-state index contributed by atoms with van der Waals surface area (Å²) in [4.78, 5) is 26.4. The van der Waals surface area contributed by atoms with Crippen LogP contribution in [0.1, 0.15) is 65.2 Å². The molecule has 0 aromatic heterocycles. The van der Waals surface area contributed by atoms with Crippen molar-refractivity contribution in [1.82, 2.24) is 0 Å². The van der Waals surface area contributed by atoms with Crippen molar-refractivity contribution in [2.45, 2.75) is 55.4 Å². The van der Waals surface area contributed by atoms with E-state index in [-0.39, 0.29) is 23.1 Å². The van der Waals surface area contributed by atoms with Gasteiger partial charge in [0.05, 0.1) is 11.1 Å². The normalized spacial score (nSPS) is 17.6. The second-order valence-corrected chi connectivity index (χ2v) is 7.93. The third-order valence-electron chi connectivity index (χ3n) is 6.74. The zero-order chi connectivity index (χ0) is 20.7. The lowest BCUT2D eigenvalue weighted by Gasteiger charge is -2.12. The average molecular weight is 376 g/mol. The number of hydrogen-bond acceptors (Lipinski definition) is 4. The zero-order valence-corrected chi connectivity index (χ0v) is 17.6. The lowest BCUT2D eigenvalue weighted by molar-refractivity contribution is 0.0960. The predicted molar refractivity (Wildman–Crippen MR) is 108 cm³/mol. The van der Waals surface area contributed by atoms with E-state index < -0.39 is 0 Å². The maximum atomic E-state index is 13.2. The van der Waals surface area contributed by atoms with Gasteiger partial charge in [-0.05, 0) is 99.9 Å². The van der Waals surface area contributed by atoms with Crippen molar-refractivity contribution in [3.8, 4) is 11.5 Å². The first kappa shape index (κ1) is 18.5. The van der Waals surface area contributed by atoms with E-state index >= 15 is 0 Å². The number of carbonyl (C=O) groups excluding carboxylic acids is 2. The van der Waals surface area contributed by atoms with Crippen molar-refractivity contribution >= 4 is 11.6 Å². The Morgan fingerprint density at radius 2 is 0.714 bits per heavy atom. The van der Waals surface area contributed by atoms with Gasteiger partial charge in [-0.3, -0.25) is 9.59 Å². The standard InChI is InChI=1S/C24H24O4/c1-9-11(3)15(7)21-17(13(9)5)19(25)23(27-21)24-20(26)18-14(6)10(2)12(4)16(8)22(18)28-24/h1-8H3/b24-23-. The Labute approximate surface area is 165 Å². The number of carbonyl (C=O) groups is 2. The summed E-state index contributed by atoms with van der Waals surface area (Å²) >= 11 is 0. The molecule has 0 saturated carbocycles. The minimum absolute atomic E-state index is 0.00139. The Balaban J connectivity index is 1.93. The number of hydrogen-bond donors (Lipinski definition) is 0. The summed E-state index contributed by atoms with van der Waals surface area (Å²) in [6.07, 6.45) is 0. The van der Waals surface area contributed by atoms with Gasteiger partial charge in [0.2, 0.25) is 23.1 Å². The Morgan fingerprint density at radius 1 is 0.429 bits per heavy atom. The molecule has 0 spiro atoms. The number of fused-ring (bicyclic) bond motifs is 2. The van der Waals surface area contributed by atoms with Crippen LogP contribution in [0, 0.1) is 55.4 Å². The highest BCUT2D eigenvalue weighted by atomic mass is 16.5. The molecule has 0 unspecified atom stereocenters. The van der Waals surface area contributed by atoms with Crippen LogP contribution < -0.4 is 9.47 Å². The molecule has 2 aliphatic heterocycles. The Hall–Kier alpha value is -2.88. The summed E-state index contributed by atoms with van der Waals surface area (Å²) in [6.45, 7) is 15.8. The largest absolute Gasteiger partial charge is 0.448 e. The monoisotopic (exact) mass is 376 g/mol. The Kier molecular flexibility index (Phi) is 3.83. The summed E-state index contributed by atoms with van der Waals surface area (Å²) in [5, 5.41) is 0. The van der Waals surface area contributed by atoms with Crippen LogP contribution in [0.4, 0.5) is 0 Å². The van der Waals surface area contributed by atoms with E-state index in [9.17, 15) is 9.59 Å². The van der Waals surface area contributed by atoms with Gasteiger partial charge in [-0.25, -0.2) is 0 Å². The summed E-state index contributed by atoms with van der Waals surface area (Å²) in [6, 6.07) is 0. The second-order valence-electron chi connectivity index (χ2n) is 7.93. The van der Waals surface area contributed by atoms with Crippen molar-refractivity contribution in [3.63, 3.8) is 0 Å². The van der Waals surface area contributed by atoms with Gasteiger partial charge >= 0.3 is 0 Å². The van der Waals surface area contributed by atoms with E-state index in [1.165, 1.54) is 0 Å². The molecule has 0 saturated heterocycles. The number of rotatable bonds is 0. The van der Waals surface area contributed by atoms with Crippen LogP contribution in [0.15, 0.2) is 11.5 Å². The fourth-order valence-corrected chi connectivity index (χ4v) is 4.18. The van der Waals surface area contributed by atoms with Gasteiger partial charge in [0.25, 0.3) is 0 Å². The van der Waals surface area contributed by atoms with E-state index in [1.807, 2.05) is 55.4 Å². The van der Waals surface area contributed by atoms with E-state index in [2.05, 4.69) is 0 Å². The van der Waals surface area contributed by atoms with Crippen molar-refractivity contribution in [2.24, 2.45) is 0 Å². The molecule has 0 bridgehead atoms. The van der Waals surface area contributed by atoms with E-state index in [0.29, 0.717) is 22.6 Å². The minimum Gasteiger partial charge on any atom is -0.448 e. The van der Waals surface area contributed by atoms with Crippen molar-refractivity contribution < 1.29 is 19.1 Å². The molecule has 0 atom stereocenters. The molecule has 0 fully saturated rings. The fraction of sp³-hybridized carbons (Fsp3) is 0.333. The van der Waals surface area contributed by atoms with Crippen LogP contribution in [0.25, 0.3) is 0 Å². The Morgan fingerprint density at radius 3 is 1.04 bits per heavy atom. The molecule has 28 heavy (non-hydrogen) atoms. The van der Waals surface area contributed by atoms with E-state index in [1.54, 1.807) is 0 Å². The number of benzene rings is 2. The maximum absolute atomic E-state index is 13.2. The molecule has 4 rings (SSSR count). The third kappa shape index (κ3) is 2.12. The molecule has 0 amide bonds. The molecule has 0 N–H and O–H groups in total. The molecule has 2 heterocycles. The van der Waals surface area contributed by atoms with Crippen molar-refractivity contribution in [2.75, 3.05) is 0 Å². The first-order valence-corrected chi connectivity index (χ1v) is 9.47. The second kappa shape index (κ2) is 5.81. The number of ether oxygens (including phenoxy) is 2. The van der Waals surface area contributed by atoms with Gasteiger partial charge in [-0.15, -0.1) is 0 Å². The highest BCUT2D eigenvalue weighted by Gasteiger charge is 2.42. The molecule has 2 aliphatic rings. The van der Waals surface area contributed by atoms with Gasteiger partial charge in [0.15, 0.2) is 0 Å². The van der Waals surface area contributed by atoms with E-state index in [0.717, 1.165) is 44.5 Å². The SMILES string of the molecule is Cc1c(C)c(C)c2c(c1C)O/C(=C1\Oc3c(C)c(C)c(C)c(C)c3C1=O)C2=O. The van der Waals surface area contributed by atoms with E-state index in [4.69, 9.17) is 9.47 Å². The summed E-state index contributed by atoms with van der Waals surface area (Å²) in [7, 11) is 0. The quantitative estimate of drug-likeness (QED) is 0.592. The summed E-state index contributed by atoms with van der Waals surface area (Å²) in [5.74, 6) is 0.530. The lowest BCUT2D eigenvalue weighted by atomic mass is 9.91. The summed E-state index contributed by atoms with van der Waals surface area (Å²) in [5.41, 5.74) is 9.02. The molecular formula is C24H24O4. The van der Waals surface area contributed by atoms with Gasteiger partial charge < -0.3 is 9.47 Å². The minimum atomic E-state index is -0.279. The van der Waals surface area contributed by atoms with Crippen molar-refractivity contribution in [3.05, 3.63) is 67.2 Å². The highest BCUT2D eigenvalue weighted by Crippen LogP contribution is 2.45. The molecule has 2 aromatic rings. The average Bonchev–Trinajstić information content (AvgIpc) is 3.18. The number of Topliss-reactive ketones (excluding diaryl/α,β-unsaturated/α-hetero) is 2. The maximum Gasteiger partial charge on any atom is 0.236 e. The Bertz CT molecular complexity index is 1070. The fourth-order valence-electron chi connectivity index (χ4n) is 4.18. The lowest BCUT2D eigenvalue weighted by Crippen LogP contribution is -2.11. The third-order valence-corrected chi connectivity index (χ3v) is 6.74. The van der Waals surface area contributed by atoms with Gasteiger partial charge in [0.1, 0.15) is 11.5 Å². The van der Waals surface area contributed by atoms with Crippen LogP contribution in [-0.2, 0) is 0 Å². The zero-order valence-electron chi connectivity index (χ0n) is 17.6. The van der Waals surface area contributed by atoms with Gasteiger partial charge in [-0.1, -0.05) is 0 Å². The first-order valence-electron chi connectivity index (χ1n) is 9.47. The predicted octanol–water partition coefficient (Wildman–Crippen LogP) is 5.22. The van der Waals surface area contributed by atoms with Crippen LogP contribution in [0.2, 0.25) is 0 Å². The van der Waals surface area contributed by atoms with Crippen LogP contribution >= 0.6 is 0 Å². The molecule has 4 nitrogen and oxygen atoms in total. The topological polar surface area (TPSA) is 52.6 Å². The van der Waals surface area contributed by atoms with Crippen LogP contribution in [0.5, 0.6) is 11.5 Å². The number of ketones is 2. The van der Waals surface area contributed by atoms with Crippen LogP contribution in [0.3, 0.4) is 0 Å². The summed E-state index contributed by atoms with van der Waals surface area (Å²) < 4.78 is 12.0. The molecule has 0 aliphatic carbocycles. The molecule has 0 radical (unpaired) electrons. The smallest absolute Gasteiger partial charge is 0.236 e. The van der Waals surface area contributed by atoms with Crippen LogP contribution in [-0.4, -0.2) is 11.6 Å². The molecule has 144 valence electrons. The number of allylic oxidation sites excluding steroid dienone is 2. The van der Waals surface area contributed by atoms with Gasteiger partial charge in [0, 0.05) is 0 Å². The highest BCUT2D eigenvalue weighted by molar-refractivity contribution is 6.22. The molecular weight excluding hydrogens is 352 g/mol.